The monoisotopic (exact) mass is 276 g/mol. The number of nitro benzene ring substituents is 1. The summed E-state index contributed by atoms with van der Waals surface area (Å²) in [6.45, 7) is 3.81. The number of nitrogens with zero attached hydrogens (tertiary/aromatic N) is 1. The Balaban J connectivity index is 2.09. The Kier molecular flexibility index (Phi) is 4.37. The predicted molar refractivity (Wildman–Crippen MR) is 76.7 cm³/mol. The van der Waals surface area contributed by atoms with Crippen molar-refractivity contribution < 1.29 is 9.72 Å². The molecule has 0 saturated heterocycles. The molecule has 5 nitrogen and oxygen atoms in total. The fourth-order valence-electron chi connectivity index (χ4n) is 2.78. The molecule has 0 radical (unpaired) electrons. The van der Waals surface area contributed by atoms with Crippen molar-refractivity contribution in [3.8, 4) is 0 Å². The zero-order chi connectivity index (χ0) is 14.7. The smallest absolute Gasteiger partial charge is 0.272 e. The summed E-state index contributed by atoms with van der Waals surface area (Å²) >= 11 is 0. The Morgan fingerprint density at radius 2 is 2.05 bits per heavy atom. The van der Waals surface area contributed by atoms with Crippen LogP contribution in [0.25, 0.3) is 0 Å². The molecule has 1 aromatic carbocycles. The van der Waals surface area contributed by atoms with E-state index in [-0.39, 0.29) is 17.6 Å². The molecule has 2 atom stereocenters. The first-order chi connectivity index (χ1) is 9.49. The van der Waals surface area contributed by atoms with Gasteiger partial charge >= 0.3 is 0 Å². The van der Waals surface area contributed by atoms with Crippen molar-refractivity contribution in [1.82, 2.24) is 5.32 Å². The fraction of sp³-hybridized carbons (Fsp3) is 0.533. The van der Waals surface area contributed by atoms with Crippen LogP contribution in [-0.4, -0.2) is 16.9 Å². The fourth-order valence-corrected chi connectivity index (χ4v) is 2.78. The van der Waals surface area contributed by atoms with Crippen LogP contribution in [0, 0.1) is 23.0 Å². The lowest BCUT2D eigenvalue weighted by atomic mass is 9.86. The highest BCUT2D eigenvalue weighted by Crippen LogP contribution is 2.24. The molecule has 108 valence electrons. The summed E-state index contributed by atoms with van der Waals surface area (Å²) < 4.78 is 0. The third kappa shape index (κ3) is 3.15. The summed E-state index contributed by atoms with van der Waals surface area (Å²) in [7, 11) is 0. The van der Waals surface area contributed by atoms with E-state index in [1.54, 1.807) is 13.0 Å². The number of hydrogen-bond donors (Lipinski definition) is 1. The molecule has 0 heterocycles. The number of benzene rings is 1. The Morgan fingerprint density at radius 3 is 2.65 bits per heavy atom. The topological polar surface area (TPSA) is 72.2 Å². The first-order valence-electron chi connectivity index (χ1n) is 7.05. The van der Waals surface area contributed by atoms with Crippen LogP contribution in [-0.2, 0) is 0 Å². The zero-order valence-electron chi connectivity index (χ0n) is 11.9. The van der Waals surface area contributed by atoms with Crippen molar-refractivity contribution >= 4 is 11.6 Å². The van der Waals surface area contributed by atoms with Crippen LogP contribution in [0.4, 0.5) is 5.69 Å². The number of rotatable bonds is 3. The second kappa shape index (κ2) is 6.03. The van der Waals surface area contributed by atoms with Gasteiger partial charge in [-0.2, -0.15) is 0 Å². The summed E-state index contributed by atoms with van der Waals surface area (Å²) in [4.78, 5) is 22.5. The molecule has 1 aliphatic rings. The normalized spacial score (nSPS) is 22.3. The maximum atomic E-state index is 12.2. The van der Waals surface area contributed by atoms with Gasteiger partial charge in [-0.15, -0.1) is 0 Å². The van der Waals surface area contributed by atoms with E-state index in [0.717, 1.165) is 19.3 Å². The average Bonchev–Trinajstić information content (AvgIpc) is 2.40. The van der Waals surface area contributed by atoms with Gasteiger partial charge in [0.25, 0.3) is 11.6 Å². The van der Waals surface area contributed by atoms with Crippen LogP contribution >= 0.6 is 0 Å². The van der Waals surface area contributed by atoms with E-state index in [9.17, 15) is 14.9 Å². The number of amides is 1. The van der Waals surface area contributed by atoms with Crippen molar-refractivity contribution in [2.75, 3.05) is 0 Å². The van der Waals surface area contributed by atoms with Crippen molar-refractivity contribution in [1.29, 1.82) is 0 Å². The average molecular weight is 276 g/mol. The minimum Gasteiger partial charge on any atom is -0.349 e. The number of nitro groups is 1. The number of aryl methyl sites for hydroxylation is 1. The van der Waals surface area contributed by atoms with Crippen molar-refractivity contribution in [2.45, 2.75) is 45.6 Å². The van der Waals surface area contributed by atoms with Gasteiger partial charge in [0.2, 0.25) is 0 Å². The van der Waals surface area contributed by atoms with E-state index in [1.165, 1.54) is 18.6 Å². The van der Waals surface area contributed by atoms with Gasteiger partial charge < -0.3 is 5.32 Å². The third-order valence-electron chi connectivity index (χ3n) is 4.08. The van der Waals surface area contributed by atoms with E-state index < -0.39 is 4.92 Å². The Labute approximate surface area is 118 Å². The maximum Gasteiger partial charge on any atom is 0.272 e. The molecule has 20 heavy (non-hydrogen) atoms. The molecule has 0 aliphatic heterocycles. The Hall–Kier alpha value is -1.91. The quantitative estimate of drug-likeness (QED) is 0.680. The predicted octanol–water partition coefficient (Wildman–Crippen LogP) is 3.21. The van der Waals surface area contributed by atoms with E-state index in [2.05, 4.69) is 12.2 Å². The molecule has 1 amide bonds. The van der Waals surface area contributed by atoms with Crippen molar-refractivity contribution in [3.63, 3.8) is 0 Å². The summed E-state index contributed by atoms with van der Waals surface area (Å²) in [6.07, 6.45) is 4.53. The molecule has 1 N–H and O–H groups in total. The second-order valence-corrected chi connectivity index (χ2v) is 5.60. The highest BCUT2D eigenvalue weighted by molar-refractivity contribution is 5.94. The number of carbonyl (C=O) groups excluding carboxylic acids is 1. The van der Waals surface area contributed by atoms with Gasteiger partial charge in [0.15, 0.2) is 0 Å². The molecule has 2 unspecified atom stereocenters. The molecule has 0 bridgehead atoms. The van der Waals surface area contributed by atoms with E-state index >= 15 is 0 Å². The zero-order valence-corrected chi connectivity index (χ0v) is 11.9. The molecule has 1 aromatic rings. The summed E-state index contributed by atoms with van der Waals surface area (Å²) in [6, 6.07) is 4.72. The summed E-state index contributed by atoms with van der Waals surface area (Å²) in [5.41, 5.74) is 1.05. The molecule has 0 aromatic heterocycles. The molecule has 1 aliphatic carbocycles. The van der Waals surface area contributed by atoms with Gasteiger partial charge in [-0.25, -0.2) is 0 Å². The molecule has 1 saturated carbocycles. The first kappa shape index (κ1) is 14.5. The standard InChI is InChI=1S/C15H20N2O3/c1-10-5-3-4-6-13(10)16-15(18)12-7-8-14(17(19)20)11(2)9-12/h7-10,13H,3-6H2,1-2H3,(H,16,18). The Bertz CT molecular complexity index is 528. The molecular weight excluding hydrogens is 256 g/mol. The van der Waals surface area contributed by atoms with Crippen LogP contribution in [0.3, 0.4) is 0 Å². The van der Waals surface area contributed by atoms with Crippen LogP contribution in [0.5, 0.6) is 0 Å². The molecule has 1 fully saturated rings. The van der Waals surface area contributed by atoms with Gasteiger partial charge in [0, 0.05) is 23.2 Å². The van der Waals surface area contributed by atoms with Crippen molar-refractivity contribution in [2.24, 2.45) is 5.92 Å². The molecular formula is C15H20N2O3. The maximum absolute atomic E-state index is 12.2. The van der Waals surface area contributed by atoms with Gasteiger partial charge in [0.05, 0.1) is 4.92 Å². The molecule has 0 spiro atoms. The SMILES string of the molecule is Cc1cc(C(=O)NC2CCCCC2C)ccc1[N+](=O)[O-]. The first-order valence-corrected chi connectivity index (χ1v) is 7.05. The van der Waals surface area contributed by atoms with Crippen LogP contribution in [0.15, 0.2) is 18.2 Å². The van der Waals surface area contributed by atoms with Crippen LogP contribution < -0.4 is 5.32 Å². The third-order valence-corrected chi connectivity index (χ3v) is 4.08. The highest BCUT2D eigenvalue weighted by atomic mass is 16.6. The second-order valence-electron chi connectivity index (χ2n) is 5.60. The number of nitrogens with one attached hydrogen (secondary N) is 1. The largest absolute Gasteiger partial charge is 0.349 e. The van der Waals surface area contributed by atoms with E-state index in [0.29, 0.717) is 17.0 Å². The number of carbonyl (C=O) groups is 1. The van der Waals surface area contributed by atoms with Gasteiger partial charge in [0.1, 0.15) is 0 Å². The lowest BCUT2D eigenvalue weighted by Gasteiger charge is -2.29. The van der Waals surface area contributed by atoms with Crippen molar-refractivity contribution in [3.05, 3.63) is 39.4 Å². The minimum atomic E-state index is -0.430. The van der Waals surface area contributed by atoms with Crippen LogP contribution in [0.1, 0.15) is 48.5 Å². The summed E-state index contributed by atoms with van der Waals surface area (Å²) in [5.74, 6) is 0.355. The van der Waals surface area contributed by atoms with Crippen LogP contribution in [0.2, 0.25) is 0 Å². The minimum absolute atomic E-state index is 0.0487. The van der Waals surface area contributed by atoms with Gasteiger partial charge in [-0.1, -0.05) is 19.8 Å². The van der Waals surface area contributed by atoms with E-state index in [1.807, 2.05) is 0 Å². The van der Waals surface area contributed by atoms with E-state index in [4.69, 9.17) is 0 Å². The summed E-state index contributed by atoms with van der Waals surface area (Å²) in [5, 5.41) is 13.8. The molecule has 5 heteroatoms. The lowest BCUT2D eigenvalue weighted by molar-refractivity contribution is -0.385. The molecule has 2 rings (SSSR count). The highest BCUT2D eigenvalue weighted by Gasteiger charge is 2.23. The lowest BCUT2D eigenvalue weighted by Crippen LogP contribution is -2.41. The number of hydrogen-bond acceptors (Lipinski definition) is 3. The van der Waals surface area contributed by atoms with Gasteiger partial charge in [-0.05, 0) is 37.8 Å². The Morgan fingerprint density at radius 1 is 1.35 bits per heavy atom. The van der Waals surface area contributed by atoms with Gasteiger partial charge in [-0.3, -0.25) is 14.9 Å².